The van der Waals surface area contributed by atoms with E-state index in [9.17, 15) is 0 Å². The van der Waals surface area contributed by atoms with Gasteiger partial charge < -0.3 is 5.73 Å². The van der Waals surface area contributed by atoms with E-state index in [1.807, 2.05) is 17.8 Å². The van der Waals surface area contributed by atoms with Crippen LogP contribution in [0, 0.1) is 0 Å². The van der Waals surface area contributed by atoms with Crippen LogP contribution >= 0.6 is 0 Å². The van der Waals surface area contributed by atoms with Crippen LogP contribution < -0.4 is 5.73 Å². The zero-order chi connectivity index (χ0) is 11.1. The molecule has 0 radical (unpaired) electrons. The highest BCUT2D eigenvalue weighted by atomic mass is 15.3. The van der Waals surface area contributed by atoms with Crippen LogP contribution in [0.4, 0.5) is 0 Å². The molecule has 0 spiro atoms. The highest BCUT2D eigenvalue weighted by Gasteiger charge is 2.24. The van der Waals surface area contributed by atoms with E-state index in [0.29, 0.717) is 6.04 Å². The van der Waals surface area contributed by atoms with Crippen molar-refractivity contribution in [2.24, 2.45) is 12.8 Å². The van der Waals surface area contributed by atoms with Gasteiger partial charge >= 0.3 is 0 Å². The Hall–Kier alpha value is -1.39. The molecule has 0 bridgehead atoms. The van der Waals surface area contributed by atoms with Crippen LogP contribution in [0.2, 0.25) is 0 Å². The highest BCUT2D eigenvalue weighted by Crippen LogP contribution is 2.20. The minimum atomic E-state index is 0.356. The number of aryl methyl sites for hydroxylation is 1. The maximum absolute atomic E-state index is 5.77. The standard InChI is InChI=1S/C12H16N4/c1-15-12-5-3-2-4-10(12)11(14-15)8-16-6-9(13)7-16/h2-5,9H,6-8,13H2,1H3. The molecule has 4 nitrogen and oxygen atoms in total. The SMILES string of the molecule is Cn1nc(CN2CC(N)C2)c2ccccc21. The maximum Gasteiger partial charge on any atom is 0.0843 e. The van der Waals surface area contributed by atoms with Gasteiger partial charge in [-0.25, -0.2) is 0 Å². The number of benzene rings is 1. The van der Waals surface area contributed by atoms with Gasteiger partial charge in [-0.15, -0.1) is 0 Å². The Morgan fingerprint density at radius 1 is 1.38 bits per heavy atom. The molecule has 0 atom stereocenters. The van der Waals surface area contributed by atoms with E-state index in [0.717, 1.165) is 25.3 Å². The number of nitrogens with zero attached hydrogens (tertiary/aromatic N) is 3. The molecule has 0 amide bonds. The third-order valence-corrected chi connectivity index (χ3v) is 3.19. The van der Waals surface area contributed by atoms with E-state index in [1.54, 1.807) is 0 Å². The molecule has 16 heavy (non-hydrogen) atoms. The van der Waals surface area contributed by atoms with Crippen LogP contribution in [0.3, 0.4) is 0 Å². The molecular formula is C12H16N4. The second-order valence-corrected chi connectivity index (χ2v) is 4.54. The van der Waals surface area contributed by atoms with Crippen LogP contribution in [0.15, 0.2) is 24.3 Å². The molecular weight excluding hydrogens is 200 g/mol. The minimum Gasteiger partial charge on any atom is -0.325 e. The van der Waals surface area contributed by atoms with E-state index in [-0.39, 0.29) is 0 Å². The van der Waals surface area contributed by atoms with Gasteiger partial charge in [0.25, 0.3) is 0 Å². The molecule has 1 saturated heterocycles. The first-order chi connectivity index (χ1) is 7.74. The molecule has 2 heterocycles. The number of hydrogen-bond donors (Lipinski definition) is 1. The Labute approximate surface area is 94.6 Å². The summed E-state index contributed by atoms with van der Waals surface area (Å²) in [6, 6.07) is 8.71. The second kappa shape index (κ2) is 3.57. The van der Waals surface area contributed by atoms with Gasteiger partial charge in [-0.3, -0.25) is 9.58 Å². The lowest BCUT2D eigenvalue weighted by molar-refractivity contribution is 0.141. The average Bonchev–Trinajstić information content (AvgIpc) is 2.55. The van der Waals surface area contributed by atoms with Gasteiger partial charge in [-0.1, -0.05) is 18.2 Å². The van der Waals surface area contributed by atoms with Crippen molar-refractivity contribution < 1.29 is 0 Å². The number of aromatic nitrogens is 2. The zero-order valence-electron chi connectivity index (χ0n) is 9.43. The summed E-state index contributed by atoms with van der Waals surface area (Å²) >= 11 is 0. The smallest absolute Gasteiger partial charge is 0.0843 e. The lowest BCUT2D eigenvalue weighted by Crippen LogP contribution is -2.54. The first-order valence-electron chi connectivity index (χ1n) is 5.62. The fraction of sp³-hybridized carbons (Fsp3) is 0.417. The molecule has 0 unspecified atom stereocenters. The molecule has 2 N–H and O–H groups in total. The van der Waals surface area contributed by atoms with E-state index in [2.05, 4.69) is 28.2 Å². The maximum atomic E-state index is 5.77. The molecule has 3 rings (SSSR count). The van der Waals surface area contributed by atoms with Crippen molar-refractivity contribution in [3.63, 3.8) is 0 Å². The Bertz CT molecular complexity index is 511. The van der Waals surface area contributed by atoms with Gasteiger partial charge in [0, 0.05) is 38.1 Å². The second-order valence-electron chi connectivity index (χ2n) is 4.54. The first-order valence-corrected chi connectivity index (χ1v) is 5.62. The summed E-state index contributed by atoms with van der Waals surface area (Å²) in [7, 11) is 1.99. The number of nitrogens with two attached hydrogens (primary N) is 1. The summed E-state index contributed by atoms with van der Waals surface area (Å²) in [6.07, 6.45) is 0. The number of hydrogen-bond acceptors (Lipinski definition) is 3. The third kappa shape index (κ3) is 1.50. The lowest BCUT2D eigenvalue weighted by atomic mass is 10.1. The predicted molar refractivity (Wildman–Crippen MR) is 64.0 cm³/mol. The molecule has 4 heteroatoms. The van der Waals surface area contributed by atoms with Crippen molar-refractivity contribution >= 4 is 10.9 Å². The van der Waals surface area contributed by atoms with Crippen LogP contribution in [-0.4, -0.2) is 33.8 Å². The molecule has 0 saturated carbocycles. The van der Waals surface area contributed by atoms with Crippen LogP contribution in [0.1, 0.15) is 5.69 Å². The number of likely N-dealkylation sites (tertiary alicyclic amines) is 1. The normalized spacial score (nSPS) is 17.9. The summed E-state index contributed by atoms with van der Waals surface area (Å²) < 4.78 is 1.95. The van der Waals surface area contributed by atoms with Crippen LogP contribution in [-0.2, 0) is 13.6 Å². The largest absolute Gasteiger partial charge is 0.325 e. The Kier molecular flexibility index (Phi) is 2.19. The van der Waals surface area contributed by atoms with E-state index in [4.69, 9.17) is 5.73 Å². The predicted octanol–water partition coefficient (Wildman–Crippen LogP) is 0.716. The molecule has 2 aromatic rings. The van der Waals surface area contributed by atoms with E-state index >= 15 is 0 Å². The molecule has 1 aromatic carbocycles. The van der Waals surface area contributed by atoms with Crippen LogP contribution in [0.25, 0.3) is 10.9 Å². The molecule has 0 aliphatic carbocycles. The molecule has 1 aliphatic heterocycles. The van der Waals surface area contributed by atoms with Crippen molar-refractivity contribution in [1.82, 2.24) is 14.7 Å². The molecule has 1 aliphatic rings. The van der Waals surface area contributed by atoms with Gasteiger partial charge in [0.2, 0.25) is 0 Å². The Balaban J connectivity index is 1.92. The monoisotopic (exact) mass is 216 g/mol. The van der Waals surface area contributed by atoms with Gasteiger partial charge in [0.05, 0.1) is 11.2 Å². The van der Waals surface area contributed by atoms with E-state index < -0.39 is 0 Å². The summed E-state index contributed by atoms with van der Waals surface area (Å²) in [5, 5.41) is 5.83. The molecule has 84 valence electrons. The first kappa shape index (κ1) is 9.81. The summed E-state index contributed by atoms with van der Waals surface area (Å²) in [5.41, 5.74) is 8.13. The Morgan fingerprint density at radius 3 is 2.88 bits per heavy atom. The van der Waals surface area contributed by atoms with Crippen molar-refractivity contribution in [3.8, 4) is 0 Å². The molecule has 1 fully saturated rings. The molecule has 1 aromatic heterocycles. The summed E-state index contributed by atoms with van der Waals surface area (Å²) in [4.78, 5) is 2.33. The van der Waals surface area contributed by atoms with Crippen LogP contribution in [0.5, 0.6) is 0 Å². The number of para-hydroxylation sites is 1. The third-order valence-electron chi connectivity index (χ3n) is 3.19. The van der Waals surface area contributed by atoms with Gasteiger partial charge in [-0.05, 0) is 6.07 Å². The van der Waals surface area contributed by atoms with Crippen molar-refractivity contribution in [2.75, 3.05) is 13.1 Å². The number of rotatable bonds is 2. The van der Waals surface area contributed by atoms with Crippen molar-refractivity contribution in [1.29, 1.82) is 0 Å². The highest BCUT2D eigenvalue weighted by molar-refractivity contribution is 5.81. The fourth-order valence-corrected chi connectivity index (χ4v) is 2.36. The van der Waals surface area contributed by atoms with Gasteiger partial charge in [-0.2, -0.15) is 5.10 Å². The number of fused-ring (bicyclic) bond motifs is 1. The zero-order valence-corrected chi connectivity index (χ0v) is 9.43. The van der Waals surface area contributed by atoms with Crippen molar-refractivity contribution in [3.05, 3.63) is 30.0 Å². The Morgan fingerprint density at radius 2 is 2.12 bits per heavy atom. The van der Waals surface area contributed by atoms with E-state index in [1.165, 1.54) is 10.9 Å². The fourth-order valence-electron chi connectivity index (χ4n) is 2.36. The minimum absolute atomic E-state index is 0.356. The quantitative estimate of drug-likeness (QED) is 0.804. The lowest BCUT2D eigenvalue weighted by Gasteiger charge is -2.36. The van der Waals surface area contributed by atoms with Gasteiger partial charge in [0.1, 0.15) is 0 Å². The summed E-state index contributed by atoms with van der Waals surface area (Å²) in [6.45, 7) is 2.89. The summed E-state index contributed by atoms with van der Waals surface area (Å²) in [5.74, 6) is 0. The average molecular weight is 216 g/mol. The van der Waals surface area contributed by atoms with Gasteiger partial charge in [0.15, 0.2) is 0 Å². The topological polar surface area (TPSA) is 47.1 Å². The van der Waals surface area contributed by atoms with Crippen molar-refractivity contribution in [2.45, 2.75) is 12.6 Å².